The highest BCUT2D eigenvalue weighted by Gasteiger charge is 2.31. The van der Waals surface area contributed by atoms with E-state index in [4.69, 9.17) is 4.74 Å². The lowest BCUT2D eigenvalue weighted by Crippen LogP contribution is -2.24. The van der Waals surface area contributed by atoms with E-state index in [1.165, 1.54) is 11.1 Å². The molecular formula is C21H26N2O6. The third-order valence-electron chi connectivity index (χ3n) is 5.19. The van der Waals surface area contributed by atoms with Crippen molar-refractivity contribution < 1.29 is 19.4 Å². The van der Waals surface area contributed by atoms with Crippen LogP contribution in [0.3, 0.4) is 0 Å². The van der Waals surface area contributed by atoms with Gasteiger partial charge in [0.25, 0.3) is 11.4 Å². The number of carbonyl (C=O) groups excluding carboxylic acids is 1. The first kappa shape index (κ1) is 22.3. The molecule has 8 heteroatoms. The van der Waals surface area contributed by atoms with Crippen LogP contribution in [0.25, 0.3) is 0 Å². The molecule has 1 atom stereocenters. The summed E-state index contributed by atoms with van der Waals surface area (Å²) >= 11 is 0. The van der Waals surface area contributed by atoms with Crippen LogP contribution >= 0.6 is 0 Å². The van der Waals surface area contributed by atoms with Gasteiger partial charge in [0.05, 0.1) is 28.1 Å². The lowest BCUT2D eigenvalue weighted by atomic mass is 9.80. The number of esters is 1. The Morgan fingerprint density at radius 2 is 1.76 bits per heavy atom. The van der Waals surface area contributed by atoms with Crippen LogP contribution in [0, 0.1) is 31.6 Å². The van der Waals surface area contributed by atoms with Crippen LogP contribution in [0.4, 0.5) is 11.4 Å². The molecule has 29 heavy (non-hydrogen) atoms. The van der Waals surface area contributed by atoms with Gasteiger partial charge >= 0.3 is 5.97 Å². The maximum absolute atomic E-state index is 12.4. The lowest BCUT2D eigenvalue weighted by Gasteiger charge is -2.28. The minimum Gasteiger partial charge on any atom is -0.462 e. The van der Waals surface area contributed by atoms with Crippen molar-refractivity contribution in [2.75, 3.05) is 6.61 Å². The van der Waals surface area contributed by atoms with E-state index in [0.717, 1.165) is 43.0 Å². The number of benzene rings is 1. The Bertz CT molecular complexity index is 868. The number of carbonyl (C=O) groups is 1. The number of non-ortho nitro benzene ring substituents is 2. The van der Waals surface area contributed by atoms with Gasteiger partial charge in [-0.05, 0) is 33.1 Å². The number of ether oxygens (including phenoxy) is 1. The van der Waals surface area contributed by atoms with Gasteiger partial charge in [-0.1, -0.05) is 37.1 Å². The van der Waals surface area contributed by atoms with Gasteiger partial charge in [-0.15, -0.1) is 0 Å². The molecule has 0 spiro atoms. The van der Waals surface area contributed by atoms with E-state index in [9.17, 15) is 25.0 Å². The molecule has 0 aromatic heterocycles. The third-order valence-corrected chi connectivity index (χ3v) is 5.19. The molecule has 0 saturated heterocycles. The Balaban J connectivity index is 2.13. The summed E-state index contributed by atoms with van der Waals surface area (Å²) in [7, 11) is 0. The van der Waals surface area contributed by atoms with Gasteiger partial charge in [-0.2, -0.15) is 0 Å². The summed E-state index contributed by atoms with van der Waals surface area (Å²) in [5.41, 5.74) is 2.15. The molecule has 0 radical (unpaired) electrons. The molecular weight excluding hydrogens is 376 g/mol. The highest BCUT2D eigenvalue weighted by molar-refractivity contribution is 5.91. The SMILES string of the molecule is C=C(C)[C@H]1CCC(C)=C1CC(C)(C)COC(=O)c1cc([N+](=O)[O-])cc([N+](=O)[O-])c1. The fourth-order valence-corrected chi connectivity index (χ4v) is 3.65. The van der Waals surface area contributed by atoms with Crippen LogP contribution in [0.15, 0.2) is 41.5 Å². The normalized spacial score (nSPS) is 16.6. The highest BCUT2D eigenvalue weighted by atomic mass is 16.6. The van der Waals surface area contributed by atoms with Crippen molar-refractivity contribution in [1.29, 1.82) is 0 Å². The molecule has 0 unspecified atom stereocenters. The predicted octanol–water partition coefficient (Wildman–Crippen LogP) is 5.38. The fraction of sp³-hybridized carbons (Fsp3) is 0.476. The Labute approximate surface area is 169 Å². The summed E-state index contributed by atoms with van der Waals surface area (Å²) in [5.74, 6) is -0.483. The zero-order chi connectivity index (χ0) is 21.9. The summed E-state index contributed by atoms with van der Waals surface area (Å²) in [6.07, 6.45) is 2.81. The van der Waals surface area contributed by atoms with Crippen LogP contribution in [0.1, 0.15) is 57.3 Å². The van der Waals surface area contributed by atoms with E-state index in [1.807, 2.05) is 20.8 Å². The molecule has 0 bridgehead atoms. The Hall–Kier alpha value is -3.03. The predicted molar refractivity (Wildman–Crippen MR) is 109 cm³/mol. The van der Waals surface area contributed by atoms with E-state index in [-0.39, 0.29) is 17.6 Å². The van der Waals surface area contributed by atoms with E-state index in [0.29, 0.717) is 5.92 Å². The topological polar surface area (TPSA) is 113 Å². The standard InChI is InChI=1S/C21H26N2O6/c1-13(2)18-7-6-14(3)19(18)11-21(4,5)12-29-20(24)15-8-16(22(25)26)10-17(9-15)23(27)28/h8-10,18H,1,6-7,11-12H2,2-5H3/t18-/m1/s1. The number of rotatable bonds is 8. The average molecular weight is 402 g/mol. The number of nitro benzene ring substituents is 2. The maximum Gasteiger partial charge on any atom is 0.338 e. The zero-order valence-electron chi connectivity index (χ0n) is 17.2. The number of hydrogen-bond donors (Lipinski definition) is 0. The van der Waals surface area contributed by atoms with Crippen LogP contribution in [-0.2, 0) is 4.74 Å². The molecule has 1 aliphatic carbocycles. The molecule has 0 amide bonds. The molecule has 8 nitrogen and oxygen atoms in total. The quantitative estimate of drug-likeness (QED) is 0.250. The van der Waals surface area contributed by atoms with E-state index in [2.05, 4.69) is 13.5 Å². The number of hydrogen-bond acceptors (Lipinski definition) is 6. The van der Waals surface area contributed by atoms with E-state index >= 15 is 0 Å². The van der Waals surface area contributed by atoms with Crippen molar-refractivity contribution in [3.8, 4) is 0 Å². The Morgan fingerprint density at radius 3 is 2.24 bits per heavy atom. The van der Waals surface area contributed by atoms with E-state index < -0.39 is 27.2 Å². The van der Waals surface area contributed by atoms with Crippen LogP contribution in [-0.4, -0.2) is 22.4 Å². The first-order valence-corrected chi connectivity index (χ1v) is 9.36. The summed E-state index contributed by atoms with van der Waals surface area (Å²) in [5, 5.41) is 22.0. The second-order valence-corrected chi connectivity index (χ2v) is 8.41. The zero-order valence-corrected chi connectivity index (χ0v) is 17.2. The third kappa shape index (κ3) is 5.49. The number of nitrogens with zero attached hydrogens (tertiary/aromatic N) is 2. The molecule has 1 aliphatic rings. The molecule has 0 aliphatic heterocycles. The van der Waals surface area contributed by atoms with Crippen LogP contribution in [0.2, 0.25) is 0 Å². The van der Waals surface area contributed by atoms with Crippen molar-refractivity contribution in [1.82, 2.24) is 0 Å². The van der Waals surface area contributed by atoms with Gasteiger partial charge in [0, 0.05) is 23.5 Å². The molecule has 0 heterocycles. The van der Waals surface area contributed by atoms with E-state index in [1.54, 1.807) is 0 Å². The highest BCUT2D eigenvalue weighted by Crippen LogP contribution is 2.42. The van der Waals surface area contributed by atoms with Gasteiger partial charge < -0.3 is 4.74 Å². The lowest BCUT2D eigenvalue weighted by molar-refractivity contribution is -0.394. The molecule has 156 valence electrons. The van der Waals surface area contributed by atoms with Gasteiger partial charge in [0.1, 0.15) is 0 Å². The maximum atomic E-state index is 12.4. The molecule has 1 aromatic carbocycles. The van der Waals surface area contributed by atoms with Gasteiger partial charge in [0.15, 0.2) is 0 Å². The monoisotopic (exact) mass is 402 g/mol. The smallest absolute Gasteiger partial charge is 0.338 e. The first-order valence-electron chi connectivity index (χ1n) is 9.36. The summed E-state index contributed by atoms with van der Waals surface area (Å²) in [6.45, 7) is 12.3. The summed E-state index contributed by atoms with van der Waals surface area (Å²) in [6, 6.07) is 2.79. The van der Waals surface area contributed by atoms with Crippen LogP contribution in [0.5, 0.6) is 0 Å². The largest absolute Gasteiger partial charge is 0.462 e. The molecule has 1 aromatic rings. The Morgan fingerprint density at radius 1 is 1.21 bits per heavy atom. The molecule has 2 rings (SSSR count). The minimum absolute atomic E-state index is 0.0853. The summed E-state index contributed by atoms with van der Waals surface area (Å²) < 4.78 is 5.37. The van der Waals surface area contributed by atoms with Crippen molar-refractivity contribution >= 4 is 17.3 Å². The average Bonchev–Trinajstić information content (AvgIpc) is 2.99. The van der Waals surface area contributed by atoms with Gasteiger partial charge in [-0.25, -0.2) is 4.79 Å². The molecule has 0 N–H and O–H groups in total. The van der Waals surface area contributed by atoms with Crippen molar-refractivity contribution in [3.63, 3.8) is 0 Å². The first-order chi connectivity index (χ1) is 13.4. The molecule has 0 fully saturated rings. The van der Waals surface area contributed by atoms with Crippen molar-refractivity contribution in [2.24, 2.45) is 11.3 Å². The van der Waals surface area contributed by atoms with Gasteiger partial charge in [0.2, 0.25) is 0 Å². The number of allylic oxidation sites excluding steroid dienone is 3. The Kier molecular flexibility index (Phi) is 6.56. The van der Waals surface area contributed by atoms with Crippen LogP contribution < -0.4 is 0 Å². The molecule has 0 saturated carbocycles. The number of nitro groups is 2. The summed E-state index contributed by atoms with van der Waals surface area (Å²) in [4.78, 5) is 32.9. The second-order valence-electron chi connectivity index (χ2n) is 8.41. The second kappa shape index (κ2) is 8.55. The minimum atomic E-state index is -0.821. The van der Waals surface area contributed by atoms with Crippen molar-refractivity contribution in [3.05, 3.63) is 67.3 Å². The fourth-order valence-electron chi connectivity index (χ4n) is 3.65. The van der Waals surface area contributed by atoms with Crippen molar-refractivity contribution in [2.45, 2.75) is 47.0 Å². The van der Waals surface area contributed by atoms with Gasteiger partial charge in [-0.3, -0.25) is 20.2 Å².